The minimum Gasteiger partial charge on any atom is -0.459 e. The molecule has 2 aromatic carbocycles. The van der Waals surface area contributed by atoms with Gasteiger partial charge in [0.1, 0.15) is 11.9 Å². The third-order valence-electron chi connectivity index (χ3n) is 5.09. The van der Waals surface area contributed by atoms with Crippen LogP contribution in [0.1, 0.15) is 33.3 Å². The number of nitrogens with one attached hydrogen (secondary N) is 2. The Labute approximate surface area is 187 Å². The number of rotatable bonds is 4. The number of amides is 1. The Balaban J connectivity index is 1.58. The monoisotopic (exact) mass is 449 g/mol. The fourth-order valence-corrected chi connectivity index (χ4v) is 3.79. The summed E-state index contributed by atoms with van der Waals surface area (Å²) in [4.78, 5) is 16.7. The molecule has 4 aromatic rings. The average molecular weight is 450 g/mol. The van der Waals surface area contributed by atoms with Crippen LogP contribution in [0.2, 0.25) is 5.02 Å². The highest BCUT2D eigenvalue weighted by molar-refractivity contribution is 6.31. The van der Waals surface area contributed by atoms with E-state index in [4.69, 9.17) is 16.0 Å². The van der Waals surface area contributed by atoms with E-state index in [1.807, 2.05) is 37.3 Å². The topological polar surface area (TPSA) is 85.0 Å². The van der Waals surface area contributed by atoms with Gasteiger partial charge in [0.05, 0.1) is 6.26 Å². The molecule has 7 nitrogen and oxygen atoms in total. The maximum atomic E-state index is 14.8. The highest BCUT2D eigenvalue weighted by atomic mass is 35.5. The van der Waals surface area contributed by atoms with Crippen LogP contribution in [-0.4, -0.2) is 20.7 Å². The molecule has 1 aliphatic rings. The van der Waals surface area contributed by atoms with Gasteiger partial charge in [-0.1, -0.05) is 47.5 Å². The minimum absolute atomic E-state index is 0.0462. The molecule has 2 N–H and O–H groups in total. The first kappa shape index (κ1) is 20.0. The number of halogens is 2. The summed E-state index contributed by atoms with van der Waals surface area (Å²) in [5.74, 6) is -0.457. The maximum absolute atomic E-state index is 14.8. The number of furan rings is 1. The molecule has 0 radical (unpaired) electrons. The Bertz CT molecular complexity index is 1310. The standard InChI is InChI=1S/C23H17ClFN5O2/c1-13-7-9-14(10-8-13)17-12-18(20-15(24)4-2-5-16(20)25)30-23(26-17)28-22(29-30)27-21(31)19-6-3-11-32-19/h2-12,18H,1H3,(H2,26,27,28,29,31)/t18-/m0/s1. The van der Waals surface area contributed by atoms with Crippen LogP contribution in [-0.2, 0) is 0 Å². The van der Waals surface area contributed by atoms with Gasteiger partial charge < -0.3 is 9.73 Å². The van der Waals surface area contributed by atoms with Crippen LogP contribution in [0.15, 0.2) is 71.4 Å². The number of fused-ring (bicyclic) bond motifs is 1. The average Bonchev–Trinajstić information content (AvgIpc) is 3.44. The summed E-state index contributed by atoms with van der Waals surface area (Å²) < 4.78 is 21.4. The van der Waals surface area contributed by atoms with E-state index >= 15 is 0 Å². The number of hydrogen-bond acceptors (Lipinski definition) is 5. The van der Waals surface area contributed by atoms with E-state index in [0.29, 0.717) is 5.95 Å². The van der Waals surface area contributed by atoms with Crippen LogP contribution >= 0.6 is 11.6 Å². The highest BCUT2D eigenvalue weighted by Gasteiger charge is 2.29. The molecule has 32 heavy (non-hydrogen) atoms. The first-order valence-electron chi connectivity index (χ1n) is 9.81. The predicted octanol–water partition coefficient (Wildman–Crippen LogP) is 5.28. The van der Waals surface area contributed by atoms with Crippen molar-refractivity contribution in [2.45, 2.75) is 13.0 Å². The second-order valence-electron chi connectivity index (χ2n) is 7.29. The lowest BCUT2D eigenvalue weighted by atomic mass is 10.0. The molecular formula is C23H17ClFN5O2. The van der Waals surface area contributed by atoms with Crippen molar-refractivity contribution in [1.82, 2.24) is 14.8 Å². The van der Waals surface area contributed by atoms with Crippen LogP contribution < -0.4 is 10.6 Å². The number of anilines is 2. The number of benzene rings is 2. The van der Waals surface area contributed by atoms with Crippen molar-refractivity contribution in [1.29, 1.82) is 0 Å². The normalized spacial score (nSPS) is 15.0. The van der Waals surface area contributed by atoms with Gasteiger partial charge >= 0.3 is 0 Å². The molecule has 0 aliphatic carbocycles. The van der Waals surface area contributed by atoms with Gasteiger partial charge in [0, 0.05) is 16.3 Å². The number of aromatic nitrogens is 3. The quantitative estimate of drug-likeness (QED) is 0.442. The van der Waals surface area contributed by atoms with E-state index in [1.54, 1.807) is 18.2 Å². The number of aryl methyl sites for hydroxylation is 1. The summed E-state index contributed by atoms with van der Waals surface area (Å²) >= 11 is 6.37. The maximum Gasteiger partial charge on any atom is 0.293 e. The van der Waals surface area contributed by atoms with Gasteiger partial charge in [-0.05, 0) is 42.8 Å². The second-order valence-corrected chi connectivity index (χ2v) is 7.69. The smallest absolute Gasteiger partial charge is 0.293 e. The van der Waals surface area contributed by atoms with Crippen molar-refractivity contribution < 1.29 is 13.6 Å². The first-order valence-corrected chi connectivity index (χ1v) is 10.2. The zero-order valence-electron chi connectivity index (χ0n) is 16.8. The van der Waals surface area contributed by atoms with Crippen LogP contribution in [0, 0.1) is 12.7 Å². The zero-order chi connectivity index (χ0) is 22.2. The first-order chi connectivity index (χ1) is 15.5. The van der Waals surface area contributed by atoms with Gasteiger partial charge in [-0.3, -0.25) is 10.1 Å². The number of carbonyl (C=O) groups is 1. The molecule has 1 amide bonds. The van der Waals surface area contributed by atoms with Crippen molar-refractivity contribution in [2.75, 3.05) is 10.6 Å². The summed E-state index contributed by atoms with van der Waals surface area (Å²) in [7, 11) is 0. The predicted molar refractivity (Wildman–Crippen MR) is 119 cm³/mol. The SMILES string of the molecule is Cc1ccc(C2=C[C@@H](c3c(F)cccc3Cl)n3nc(NC(=O)c4ccco4)nc3N2)cc1. The molecule has 1 aliphatic heterocycles. The largest absolute Gasteiger partial charge is 0.459 e. The van der Waals surface area contributed by atoms with E-state index in [9.17, 15) is 9.18 Å². The van der Waals surface area contributed by atoms with E-state index in [-0.39, 0.29) is 22.3 Å². The number of carbonyl (C=O) groups excluding carboxylic acids is 1. The molecule has 160 valence electrons. The Hall–Kier alpha value is -3.91. The third-order valence-corrected chi connectivity index (χ3v) is 5.42. The molecule has 3 heterocycles. The van der Waals surface area contributed by atoms with E-state index in [0.717, 1.165) is 16.8 Å². The number of hydrogen-bond donors (Lipinski definition) is 2. The molecule has 0 spiro atoms. The Morgan fingerprint density at radius 3 is 2.72 bits per heavy atom. The van der Waals surface area contributed by atoms with E-state index in [1.165, 1.54) is 23.1 Å². The van der Waals surface area contributed by atoms with Crippen molar-refractivity contribution in [2.24, 2.45) is 0 Å². The van der Waals surface area contributed by atoms with Crippen LogP contribution in [0.5, 0.6) is 0 Å². The summed E-state index contributed by atoms with van der Waals surface area (Å²) in [6.07, 6.45) is 3.23. The molecule has 0 unspecified atom stereocenters. The van der Waals surface area contributed by atoms with Crippen LogP contribution in [0.3, 0.4) is 0 Å². The lowest BCUT2D eigenvalue weighted by Crippen LogP contribution is -2.21. The summed E-state index contributed by atoms with van der Waals surface area (Å²) in [6.45, 7) is 2.00. The molecule has 9 heteroatoms. The molecule has 0 saturated carbocycles. The molecular weight excluding hydrogens is 433 g/mol. The molecule has 0 bridgehead atoms. The molecule has 0 saturated heterocycles. The van der Waals surface area contributed by atoms with Crippen molar-refractivity contribution in [3.05, 3.63) is 100 Å². The zero-order valence-corrected chi connectivity index (χ0v) is 17.6. The number of allylic oxidation sites excluding steroid dienone is 1. The van der Waals surface area contributed by atoms with E-state index in [2.05, 4.69) is 20.7 Å². The molecule has 1 atom stereocenters. The lowest BCUT2D eigenvalue weighted by molar-refractivity contribution is 0.0995. The highest BCUT2D eigenvalue weighted by Crippen LogP contribution is 2.37. The molecule has 2 aromatic heterocycles. The lowest BCUT2D eigenvalue weighted by Gasteiger charge is -2.25. The summed E-state index contributed by atoms with van der Waals surface area (Å²) in [5, 5.41) is 10.5. The van der Waals surface area contributed by atoms with Crippen LogP contribution in [0.4, 0.5) is 16.3 Å². The van der Waals surface area contributed by atoms with Gasteiger partial charge in [-0.15, -0.1) is 5.10 Å². The van der Waals surface area contributed by atoms with Crippen LogP contribution in [0.25, 0.3) is 5.70 Å². The van der Waals surface area contributed by atoms with Gasteiger partial charge in [0.25, 0.3) is 11.9 Å². The van der Waals surface area contributed by atoms with Crippen molar-refractivity contribution >= 4 is 35.1 Å². The Morgan fingerprint density at radius 1 is 1.19 bits per heavy atom. The summed E-state index contributed by atoms with van der Waals surface area (Å²) in [6, 6.07) is 14.9. The molecule has 5 rings (SSSR count). The van der Waals surface area contributed by atoms with Gasteiger partial charge in [-0.2, -0.15) is 4.98 Å². The minimum atomic E-state index is -0.682. The third kappa shape index (κ3) is 3.65. The Morgan fingerprint density at radius 2 is 2.00 bits per heavy atom. The van der Waals surface area contributed by atoms with Crippen molar-refractivity contribution in [3.8, 4) is 0 Å². The van der Waals surface area contributed by atoms with Gasteiger partial charge in [0.2, 0.25) is 5.95 Å². The Kier molecular flexibility index (Phi) is 4.99. The van der Waals surface area contributed by atoms with E-state index < -0.39 is 17.8 Å². The summed E-state index contributed by atoms with van der Waals surface area (Å²) in [5.41, 5.74) is 2.99. The van der Waals surface area contributed by atoms with Gasteiger partial charge in [0.15, 0.2) is 5.76 Å². The fraction of sp³-hybridized carbons (Fsp3) is 0.0870. The molecule has 0 fully saturated rings. The second kappa shape index (κ2) is 7.97. The van der Waals surface area contributed by atoms with Crippen molar-refractivity contribution in [3.63, 3.8) is 0 Å². The fourth-order valence-electron chi connectivity index (χ4n) is 3.52. The number of nitrogens with zero attached hydrogens (tertiary/aromatic N) is 3. The van der Waals surface area contributed by atoms with Gasteiger partial charge in [-0.25, -0.2) is 9.07 Å².